The van der Waals surface area contributed by atoms with Gasteiger partial charge in [0.15, 0.2) is 0 Å². The van der Waals surface area contributed by atoms with E-state index in [0.717, 1.165) is 12.8 Å². The Morgan fingerprint density at radius 3 is 2.84 bits per heavy atom. The van der Waals surface area contributed by atoms with Crippen molar-refractivity contribution < 1.29 is 18.7 Å². The maximum Gasteiger partial charge on any atom is 0.230 e. The molecule has 1 fully saturated rings. The first-order chi connectivity index (χ1) is 9.25. The first kappa shape index (κ1) is 12.4. The highest BCUT2D eigenvalue weighted by molar-refractivity contribution is 5.96. The number of ether oxygens (including phenoxy) is 2. The van der Waals surface area contributed by atoms with E-state index in [9.17, 15) is 9.18 Å². The van der Waals surface area contributed by atoms with Crippen molar-refractivity contribution in [1.29, 1.82) is 0 Å². The van der Waals surface area contributed by atoms with E-state index in [4.69, 9.17) is 9.47 Å². The minimum atomic E-state index is -0.353. The van der Waals surface area contributed by atoms with Gasteiger partial charge in [-0.1, -0.05) is 0 Å². The second-order valence-corrected chi connectivity index (χ2v) is 4.84. The molecule has 2 heterocycles. The van der Waals surface area contributed by atoms with Crippen LogP contribution in [0.25, 0.3) is 0 Å². The number of hydrogen-bond donors (Lipinski definition) is 0. The molecule has 1 saturated heterocycles. The fraction of sp³-hybridized carbons (Fsp3) is 0.500. The summed E-state index contributed by atoms with van der Waals surface area (Å²) in [5, 5.41) is 0. The van der Waals surface area contributed by atoms with Gasteiger partial charge >= 0.3 is 0 Å². The van der Waals surface area contributed by atoms with Crippen molar-refractivity contribution in [2.24, 2.45) is 5.92 Å². The van der Waals surface area contributed by atoms with Crippen LogP contribution in [0.4, 0.5) is 10.1 Å². The summed E-state index contributed by atoms with van der Waals surface area (Å²) in [6.45, 7) is 2.17. The highest BCUT2D eigenvalue weighted by Gasteiger charge is 2.30. The number of hydrogen-bond acceptors (Lipinski definition) is 3. The molecule has 0 bridgehead atoms. The monoisotopic (exact) mass is 265 g/mol. The third-order valence-electron chi connectivity index (χ3n) is 3.62. The van der Waals surface area contributed by atoms with E-state index in [1.165, 1.54) is 12.1 Å². The third kappa shape index (κ3) is 2.42. The Morgan fingerprint density at radius 2 is 2.05 bits per heavy atom. The Balaban J connectivity index is 1.86. The Morgan fingerprint density at radius 1 is 1.26 bits per heavy atom. The molecule has 19 heavy (non-hydrogen) atoms. The Bertz CT molecular complexity index is 486. The molecular weight excluding hydrogens is 249 g/mol. The number of rotatable bonds is 1. The van der Waals surface area contributed by atoms with Crippen molar-refractivity contribution >= 4 is 11.6 Å². The van der Waals surface area contributed by atoms with Gasteiger partial charge in [0.2, 0.25) is 5.91 Å². The highest BCUT2D eigenvalue weighted by atomic mass is 19.1. The summed E-state index contributed by atoms with van der Waals surface area (Å²) in [5.74, 6) is 0.253. The number of halogens is 1. The standard InChI is InChI=1S/C14H16FNO3/c15-11-1-2-13-12(9-11)16(5-8-19-13)14(17)10-3-6-18-7-4-10/h1-2,9-10H,3-8H2. The van der Waals surface area contributed by atoms with Crippen molar-refractivity contribution in [3.05, 3.63) is 24.0 Å². The summed E-state index contributed by atoms with van der Waals surface area (Å²) in [7, 11) is 0. The predicted octanol–water partition coefficient (Wildman–Crippen LogP) is 1.98. The number of carbonyl (C=O) groups is 1. The Hall–Kier alpha value is -1.62. The second kappa shape index (κ2) is 5.17. The molecule has 2 aliphatic heterocycles. The average Bonchev–Trinajstić information content (AvgIpc) is 2.47. The van der Waals surface area contributed by atoms with E-state index >= 15 is 0 Å². The third-order valence-corrected chi connectivity index (χ3v) is 3.62. The molecule has 0 aromatic heterocycles. The molecule has 5 heteroatoms. The van der Waals surface area contributed by atoms with Crippen LogP contribution in [0, 0.1) is 11.7 Å². The number of carbonyl (C=O) groups excluding carboxylic acids is 1. The summed E-state index contributed by atoms with van der Waals surface area (Å²) >= 11 is 0. The molecule has 1 aromatic carbocycles. The smallest absolute Gasteiger partial charge is 0.230 e. The van der Waals surface area contributed by atoms with Gasteiger partial charge < -0.3 is 14.4 Å². The van der Waals surface area contributed by atoms with Crippen LogP contribution in [0.5, 0.6) is 5.75 Å². The molecule has 0 N–H and O–H groups in total. The summed E-state index contributed by atoms with van der Waals surface area (Å²) < 4.78 is 24.1. The molecule has 0 spiro atoms. The zero-order chi connectivity index (χ0) is 13.2. The van der Waals surface area contributed by atoms with Gasteiger partial charge in [-0.05, 0) is 25.0 Å². The minimum absolute atomic E-state index is 0.0250. The van der Waals surface area contributed by atoms with Gasteiger partial charge in [0.25, 0.3) is 0 Å². The summed E-state index contributed by atoms with van der Waals surface area (Å²) in [4.78, 5) is 14.2. The fourth-order valence-corrected chi connectivity index (χ4v) is 2.58. The van der Waals surface area contributed by atoms with E-state index < -0.39 is 0 Å². The van der Waals surface area contributed by atoms with Crippen LogP contribution in [0.2, 0.25) is 0 Å². The number of amides is 1. The van der Waals surface area contributed by atoms with Crippen LogP contribution in [0.15, 0.2) is 18.2 Å². The highest BCUT2D eigenvalue weighted by Crippen LogP contribution is 2.34. The van der Waals surface area contributed by atoms with Crippen molar-refractivity contribution in [2.75, 3.05) is 31.3 Å². The Kier molecular flexibility index (Phi) is 3.38. The lowest BCUT2D eigenvalue weighted by Gasteiger charge is -2.33. The molecule has 0 saturated carbocycles. The number of anilines is 1. The molecule has 0 radical (unpaired) electrons. The van der Waals surface area contributed by atoms with Crippen LogP contribution >= 0.6 is 0 Å². The van der Waals surface area contributed by atoms with Crippen LogP contribution in [0.1, 0.15) is 12.8 Å². The topological polar surface area (TPSA) is 38.8 Å². The normalized spacial score (nSPS) is 19.7. The molecule has 4 nitrogen and oxygen atoms in total. The largest absolute Gasteiger partial charge is 0.490 e. The second-order valence-electron chi connectivity index (χ2n) is 4.84. The zero-order valence-electron chi connectivity index (χ0n) is 10.6. The van der Waals surface area contributed by atoms with Gasteiger partial charge in [0.1, 0.15) is 18.2 Å². The molecule has 1 aromatic rings. The van der Waals surface area contributed by atoms with Gasteiger partial charge in [-0.15, -0.1) is 0 Å². The maximum atomic E-state index is 13.4. The molecular formula is C14H16FNO3. The number of nitrogens with zero attached hydrogens (tertiary/aromatic N) is 1. The van der Waals surface area contributed by atoms with E-state index in [1.807, 2.05) is 0 Å². The average molecular weight is 265 g/mol. The summed E-state index contributed by atoms with van der Waals surface area (Å²) in [5.41, 5.74) is 0.544. The predicted molar refractivity (Wildman–Crippen MR) is 67.8 cm³/mol. The minimum Gasteiger partial charge on any atom is -0.490 e. The lowest BCUT2D eigenvalue weighted by Crippen LogP contribution is -2.43. The lowest BCUT2D eigenvalue weighted by atomic mass is 9.98. The zero-order valence-corrected chi connectivity index (χ0v) is 10.6. The lowest BCUT2D eigenvalue weighted by molar-refractivity contribution is -0.125. The van der Waals surface area contributed by atoms with Crippen molar-refractivity contribution in [1.82, 2.24) is 0 Å². The SMILES string of the molecule is O=C(C1CCOCC1)N1CCOc2ccc(F)cc21. The van der Waals surface area contributed by atoms with Crippen LogP contribution in [-0.2, 0) is 9.53 Å². The quantitative estimate of drug-likeness (QED) is 0.779. The van der Waals surface area contributed by atoms with Crippen LogP contribution in [-0.4, -0.2) is 32.3 Å². The summed E-state index contributed by atoms with van der Waals surface area (Å²) in [6.07, 6.45) is 1.47. The van der Waals surface area contributed by atoms with E-state index in [0.29, 0.717) is 37.8 Å². The van der Waals surface area contributed by atoms with Crippen molar-refractivity contribution in [3.8, 4) is 5.75 Å². The molecule has 0 unspecified atom stereocenters. The van der Waals surface area contributed by atoms with Gasteiger partial charge in [0, 0.05) is 25.2 Å². The molecule has 1 amide bonds. The van der Waals surface area contributed by atoms with Gasteiger partial charge in [-0.25, -0.2) is 4.39 Å². The van der Waals surface area contributed by atoms with Crippen molar-refractivity contribution in [2.45, 2.75) is 12.8 Å². The summed E-state index contributed by atoms with van der Waals surface area (Å²) in [6, 6.07) is 4.29. The van der Waals surface area contributed by atoms with Gasteiger partial charge in [-0.2, -0.15) is 0 Å². The van der Waals surface area contributed by atoms with E-state index in [2.05, 4.69) is 0 Å². The van der Waals surface area contributed by atoms with Crippen LogP contribution in [0.3, 0.4) is 0 Å². The van der Waals surface area contributed by atoms with Crippen molar-refractivity contribution in [3.63, 3.8) is 0 Å². The Labute approximate surface area is 111 Å². The van der Waals surface area contributed by atoms with Gasteiger partial charge in [0.05, 0.1) is 12.2 Å². The molecule has 3 rings (SSSR count). The first-order valence-corrected chi connectivity index (χ1v) is 6.57. The van der Waals surface area contributed by atoms with E-state index in [-0.39, 0.29) is 17.6 Å². The number of benzene rings is 1. The molecule has 0 atom stereocenters. The molecule has 102 valence electrons. The van der Waals surface area contributed by atoms with E-state index in [1.54, 1.807) is 11.0 Å². The molecule has 2 aliphatic rings. The fourth-order valence-electron chi connectivity index (χ4n) is 2.58. The first-order valence-electron chi connectivity index (χ1n) is 6.57. The van der Waals surface area contributed by atoms with Crippen LogP contribution < -0.4 is 9.64 Å². The number of fused-ring (bicyclic) bond motifs is 1. The molecule has 0 aliphatic carbocycles. The maximum absolute atomic E-state index is 13.4. The van der Waals surface area contributed by atoms with Gasteiger partial charge in [-0.3, -0.25) is 4.79 Å².